The van der Waals surface area contributed by atoms with E-state index in [0.29, 0.717) is 19.4 Å². The molecular weight excluding hydrogens is 366 g/mol. The molecule has 0 saturated heterocycles. The van der Waals surface area contributed by atoms with Crippen molar-refractivity contribution in [3.05, 3.63) is 0 Å². The Morgan fingerprint density at radius 1 is 0.759 bits per heavy atom. The summed E-state index contributed by atoms with van der Waals surface area (Å²) in [7, 11) is 0. The van der Waals surface area contributed by atoms with Crippen molar-refractivity contribution in [3.63, 3.8) is 0 Å². The minimum atomic E-state index is -1.09. The number of aliphatic hydroxyl groups is 1. The molecule has 0 aromatic carbocycles. The number of rotatable bonds is 20. The van der Waals surface area contributed by atoms with Crippen LogP contribution >= 0.6 is 0 Å². The highest BCUT2D eigenvalue weighted by molar-refractivity contribution is 5.75. The van der Waals surface area contributed by atoms with Gasteiger partial charge < -0.3 is 15.2 Å². The lowest BCUT2D eigenvalue weighted by molar-refractivity contribution is -0.152. The van der Waals surface area contributed by atoms with Gasteiger partial charge in [0.25, 0.3) is 0 Å². The largest absolute Gasteiger partial charge is 0.464 e. The van der Waals surface area contributed by atoms with Crippen molar-refractivity contribution in [2.75, 3.05) is 13.2 Å². The second-order valence-electron chi connectivity index (χ2n) is 8.72. The van der Waals surface area contributed by atoms with E-state index in [1.54, 1.807) is 0 Å². The molecule has 0 aliphatic rings. The zero-order valence-corrected chi connectivity index (χ0v) is 19.3. The Hall–Kier alpha value is -1.10. The standard InChI is InChI=1S/C24H47NO4/c1-21(2)17-14-12-10-8-6-4-5-7-9-11-13-15-18-23(27)25-19-16-20-29-24(28)22(3)26/h21-22,26H,4-20H2,1-3H3,(H,25,27). The predicted molar refractivity (Wildman–Crippen MR) is 120 cm³/mol. The molecule has 1 unspecified atom stereocenters. The van der Waals surface area contributed by atoms with Crippen molar-refractivity contribution in [2.45, 2.75) is 123 Å². The topological polar surface area (TPSA) is 75.6 Å². The van der Waals surface area contributed by atoms with Gasteiger partial charge in [-0.1, -0.05) is 90.9 Å². The molecule has 172 valence electrons. The van der Waals surface area contributed by atoms with Gasteiger partial charge in [0.2, 0.25) is 5.91 Å². The maximum atomic E-state index is 11.7. The molecule has 1 atom stereocenters. The summed E-state index contributed by atoms with van der Waals surface area (Å²) >= 11 is 0. The van der Waals surface area contributed by atoms with E-state index in [-0.39, 0.29) is 12.5 Å². The van der Waals surface area contributed by atoms with Gasteiger partial charge in [0, 0.05) is 13.0 Å². The number of hydrogen-bond donors (Lipinski definition) is 2. The number of hydrogen-bond acceptors (Lipinski definition) is 4. The zero-order chi connectivity index (χ0) is 21.7. The fourth-order valence-electron chi connectivity index (χ4n) is 3.29. The van der Waals surface area contributed by atoms with Crippen LogP contribution in [0.1, 0.15) is 117 Å². The highest BCUT2D eigenvalue weighted by atomic mass is 16.5. The summed E-state index contributed by atoms with van der Waals surface area (Å²) < 4.78 is 4.84. The van der Waals surface area contributed by atoms with E-state index in [9.17, 15) is 9.59 Å². The summed E-state index contributed by atoms with van der Waals surface area (Å²) in [6.07, 6.45) is 17.0. The van der Waals surface area contributed by atoms with E-state index in [2.05, 4.69) is 19.2 Å². The number of carbonyl (C=O) groups excluding carboxylic acids is 2. The molecule has 1 amide bonds. The van der Waals surface area contributed by atoms with E-state index < -0.39 is 12.1 Å². The van der Waals surface area contributed by atoms with Crippen molar-refractivity contribution in [1.82, 2.24) is 5.32 Å². The maximum absolute atomic E-state index is 11.7. The van der Waals surface area contributed by atoms with Crippen LogP contribution in [-0.4, -0.2) is 36.2 Å². The summed E-state index contributed by atoms with van der Waals surface area (Å²) in [5.74, 6) is 0.304. The molecule has 0 radical (unpaired) electrons. The lowest BCUT2D eigenvalue weighted by atomic mass is 10.0. The molecule has 0 aromatic rings. The summed E-state index contributed by atoms with van der Waals surface area (Å²) in [6.45, 7) is 6.71. The van der Waals surface area contributed by atoms with Crippen molar-refractivity contribution in [2.24, 2.45) is 5.92 Å². The molecule has 0 fully saturated rings. The van der Waals surface area contributed by atoms with Crippen LogP contribution in [0.3, 0.4) is 0 Å². The Bertz CT molecular complexity index is 396. The third-order valence-corrected chi connectivity index (χ3v) is 5.16. The lowest BCUT2D eigenvalue weighted by Crippen LogP contribution is -2.26. The second-order valence-corrected chi connectivity index (χ2v) is 8.72. The van der Waals surface area contributed by atoms with E-state index in [4.69, 9.17) is 9.84 Å². The molecule has 5 heteroatoms. The van der Waals surface area contributed by atoms with Gasteiger partial charge in [-0.15, -0.1) is 0 Å². The van der Waals surface area contributed by atoms with Crippen LogP contribution in [0.4, 0.5) is 0 Å². The Labute approximate surface area is 179 Å². The van der Waals surface area contributed by atoms with Crippen LogP contribution in [0.15, 0.2) is 0 Å². The molecule has 0 spiro atoms. The van der Waals surface area contributed by atoms with Crippen LogP contribution in [0, 0.1) is 5.92 Å². The van der Waals surface area contributed by atoms with Gasteiger partial charge in [0.1, 0.15) is 6.10 Å². The summed E-state index contributed by atoms with van der Waals surface area (Å²) in [5.41, 5.74) is 0. The van der Waals surface area contributed by atoms with Crippen LogP contribution in [0.25, 0.3) is 0 Å². The number of aliphatic hydroxyl groups excluding tert-OH is 1. The van der Waals surface area contributed by atoms with E-state index in [1.807, 2.05) is 0 Å². The minimum Gasteiger partial charge on any atom is -0.464 e. The molecule has 0 rings (SSSR count). The van der Waals surface area contributed by atoms with E-state index >= 15 is 0 Å². The van der Waals surface area contributed by atoms with Gasteiger partial charge in [0.05, 0.1) is 6.61 Å². The van der Waals surface area contributed by atoms with Gasteiger partial charge in [-0.05, 0) is 25.7 Å². The maximum Gasteiger partial charge on any atom is 0.334 e. The molecule has 0 bridgehead atoms. The zero-order valence-electron chi connectivity index (χ0n) is 19.3. The lowest BCUT2D eigenvalue weighted by Gasteiger charge is -2.07. The Kier molecular flexibility index (Phi) is 19.4. The first-order chi connectivity index (χ1) is 13.9. The third kappa shape index (κ3) is 21.4. The fraction of sp³-hybridized carbons (Fsp3) is 0.917. The molecule has 29 heavy (non-hydrogen) atoms. The summed E-state index contributed by atoms with van der Waals surface area (Å²) in [5, 5.41) is 11.8. The SMILES string of the molecule is CC(C)CCCCCCCCCCCCCCC(=O)NCCCOC(=O)C(C)O. The van der Waals surface area contributed by atoms with Crippen LogP contribution in [-0.2, 0) is 14.3 Å². The monoisotopic (exact) mass is 413 g/mol. The number of unbranched alkanes of at least 4 members (excludes halogenated alkanes) is 11. The molecule has 2 N–H and O–H groups in total. The Morgan fingerprint density at radius 3 is 1.72 bits per heavy atom. The predicted octanol–water partition coefficient (Wildman–Crippen LogP) is 5.53. The van der Waals surface area contributed by atoms with Crippen molar-refractivity contribution >= 4 is 11.9 Å². The number of carbonyl (C=O) groups is 2. The van der Waals surface area contributed by atoms with Crippen molar-refractivity contribution in [3.8, 4) is 0 Å². The van der Waals surface area contributed by atoms with Crippen molar-refractivity contribution in [1.29, 1.82) is 0 Å². The second kappa shape index (κ2) is 20.2. The first-order valence-electron chi connectivity index (χ1n) is 12.0. The minimum absolute atomic E-state index is 0.0697. The average Bonchev–Trinajstić information content (AvgIpc) is 2.67. The van der Waals surface area contributed by atoms with Gasteiger partial charge in [0.15, 0.2) is 0 Å². The fourth-order valence-corrected chi connectivity index (χ4v) is 3.29. The third-order valence-electron chi connectivity index (χ3n) is 5.16. The van der Waals surface area contributed by atoms with Crippen LogP contribution in [0.2, 0.25) is 0 Å². The highest BCUT2D eigenvalue weighted by Gasteiger charge is 2.09. The summed E-state index contributed by atoms with van der Waals surface area (Å²) in [6, 6.07) is 0. The number of amides is 1. The number of esters is 1. The quantitative estimate of drug-likeness (QED) is 0.203. The molecule has 0 heterocycles. The molecule has 0 aromatic heterocycles. The summed E-state index contributed by atoms with van der Waals surface area (Å²) in [4.78, 5) is 22.8. The van der Waals surface area contributed by atoms with Gasteiger partial charge in [-0.2, -0.15) is 0 Å². The molecule has 0 aliphatic carbocycles. The van der Waals surface area contributed by atoms with Crippen molar-refractivity contribution < 1.29 is 19.4 Å². The number of ether oxygens (including phenoxy) is 1. The normalized spacial score (nSPS) is 12.2. The molecule has 0 aliphatic heterocycles. The van der Waals surface area contributed by atoms with E-state index in [0.717, 1.165) is 18.8 Å². The van der Waals surface area contributed by atoms with Crippen LogP contribution in [0.5, 0.6) is 0 Å². The Morgan fingerprint density at radius 2 is 1.24 bits per heavy atom. The molecular formula is C24H47NO4. The van der Waals surface area contributed by atoms with Gasteiger partial charge in [-0.3, -0.25) is 4.79 Å². The van der Waals surface area contributed by atoms with Crippen LogP contribution < -0.4 is 5.32 Å². The van der Waals surface area contributed by atoms with Gasteiger partial charge >= 0.3 is 5.97 Å². The smallest absolute Gasteiger partial charge is 0.334 e. The first kappa shape index (κ1) is 27.9. The number of nitrogens with one attached hydrogen (secondary N) is 1. The Balaban J connectivity index is 3.22. The highest BCUT2D eigenvalue weighted by Crippen LogP contribution is 2.14. The van der Waals surface area contributed by atoms with Gasteiger partial charge in [-0.25, -0.2) is 4.79 Å². The van der Waals surface area contributed by atoms with E-state index in [1.165, 1.54) is 77.6 Å². The molecule has 5 nitrogen and oxygen atoms in total. The first-order valence-corrected chi connectivity index (χ1v) is 12.0. The molecule has 0 saturated carbocycles. The average molecular weight is 414 g/mol.